The number of hydrogen-bond acceptors (Lipinski definition) is 3. The Bertz CT molecular complexity index is 576. The molecule has 5 heteroatoms. The van der Waals surface area contributed by atoms with Crippen molar-refractivity contribution < 1.29 is 14.3 Å². The summed E-state index contributed by atoms with van der Waals surface area (Å²) in [4.78, 5) is 27.1. The van der Waals surface area contributed by atoms with Crippen LogP contribution in [-0.4, -0.2) is 54.4 Å². The van der Waals surface area contributed by atoms with Crippen molar-refractivity contribution in [1.82, 2.24) is 9.80 Å². The smallest absolute Gasteiger partial charge is 0.260 e. The van der Waals surface area contributed by atoms with E-state index in [1.165, 1.54) is 5.56 Å². The minimum atomic E-state index is -0.0254. The van der Waals surface area contributed by atoms with Crippen LogP contribution < -0.4 is 4.74 Å². The van der Waals surface area contributed by atoms with Crippen molar-refractivity contribution >= 4 is 11.8 Å². The van der Waals surface area contributed by atoms with Crippen LogP contribution in [0, 0.1) is 6.92 Å². The van der Waals surface area contributed by atoms with Gasteiger partial charge in [-0.3, -0.25) is 9.59 Å². The van der Waals surface area contributed by atoms with Crippen LogP contribution in [0.3, 0.4) is 0 Å². The number of carbonyl (C=O) groups excluding carboxylic acids is 2. The highest BCUT2D eigenvalue weighted by atomic mass is 16.5. The Hall–Kier alpha value is -2.04. The molecule has 2 amide bonds. The van der Waals surface area contributed by atoms with Crippen molar-refractivity contribution in [2.45, 2.75) is 33.6 Å². The highest BCUT2D eigenvalue weighted by molar-refractivity contribution is 5.78. The van der Waals surface area contributed by atoms with Gasteiger partial charge in [0.2, 0.25) is 5.91 Å². The first-order chi connectivity index (χ1) is 10.9. The molecule has 0 aliphatic carbocycles. The molecule has 1 heterocycles. The van der Waals surface area contributed by atoms with Gasteiger partial charge in [-0.1, -0.05) is 26.0 Å². The quantitative estimate of drug-likeness (QED) is 0.855. The number of rotatable bonds is 4. The number of ether oxygens (including phenoxy) is 1. The topological polar surface area (TPSA) is 49.9 Å². The van der Waals surface area contributed by atoms with Gasteiger partial charge in [0.25, 0.3) is 5.91 Å². The largest absolute Gasteiger partial charge is 0.483 e. The Labute approximate surface area is 138 Å². The van der Waals surface area contributed by atoms with Crippen LogP contribution in [0.4, 0.5) is 0 Å². The minimum Gasteiger partial charge on any atom is -0.483 e. The molecule has 0 unspecified atom stereocenters. The SMILES string of the molecule is CC(=O)N1CCN(C(=O)COc2cc(C(C)C)ccc2C)CC1. The molecular formula is C18H26N2O3. The van der Waals surface area contributed by atoms with E-state index < -0.39 is 0 Å². The van der Waals surface area contributed by atoms with E-state index in [0.29, 0.717) is 32.1 Å². The zero-order chi connectivity index (χ0) is 17.0. The molecule has 1 fully saturated rings. The molecular weight excluding hydrogens is 292 g/mol. The zero-order valence-corrected chi connectivity index (χ0v) is 14.5. The zero-order valence-electron chi connectivity index (χ0n) is 14.5. The fourth-order valence-corrected chi connectivity index (χ4v) is 2.63. The summed E-state index contributed by atoms with van der Waals surface area (Å²) in [7, 11) is 0. The third kappa shape index (κ3) is 4.47. The van der Waals surface area contributed by atoms with Crippen LogP contribution in [0.5, 0.6) is 5.75 Å². The number of aryl methyl sites for hydroxylation is 1. The number of nitrogens with zero attached hydrogens (tertiary/aromatic N) is 2. The van der Waals surface area contributed by atoms with Gasteiger partial charge in [0.05, 0.1) is 0 Å². The van der Waals surface area contributed by atoms with Crippen molar-refractivity contribution in [2.24, 2.45) is 0 Å². The second kappa shape index (κ2) is 7.49. The normalized spacial score (nSPS) is 15.0. The summed E-state index contributed by atoms with van der Waals surface area (Å²) in [6.45, 7) is 10.2. The van der Waals surface area contributed by atoms with Gasteiger partial charge in [0.1, 0.15) is 5.75 Å². The molecule has 0 aromatic heterocycles. The first kappa shape index (κ1) is 17.3. The van der Waals surface area contributed by atoms with Gasteiger partial charge in [-0.2, -0.15) is 0 Å². The predicted octanol–water partition coefficient (Wildman–Crippen LogP) is 2.19. The molecule has 2 rings (SSSR count). The Kier molecular flexibility index (Phi) is 5.64. The van der Waals surface area contributed by atoms with Gasteiger partial charge in [0, 0.05) is 33.1 Å². The first-order valence-electron chi connectivity index (χ1n) is 8.15. The highest BCUT2D eigenvalue weighted by Crippen LogP contribution is 2.24. The number of benzene rings is 1. The fraction of sp³-hybridized carbons (Fsp3) is 0.556. The fourth-order valence-electron chi connectivity index (χ4n) is 2.63. The maximum atomic E-state index is 12.3. The van der Waals surface area contributed by atoms with E-state index in [4.69, 9.17) is 4.74 Å². The van der Waals surface area contributed by atoms with Crippen molar-refractivity contribution in [1.29, 1.82) is 0 Å². The molecule has 0 spiro atoms. The molecule has 1 saturated heterocycles. The van der Waals surface area contributed by atoms with Gasteiger partial charge in [-0.15, -0.1) is 0 Å². The van der Waals surface area contributed by atoms with Crippen molar-refractivity contribution in [3.63, 3.8) is 0 Å². The van der Waals surface area contributed by atoms with E-state index in [9.17, 15) is 9.59 Å². The van der Waals surface area contributed by atoms with Gasteiger partial charge in [0.15, 0.2) is 6.61 Å². The summed E-state index contributed by atoms with van der Waals surface area (Å²) in [5.41, 5.74) is 2.23. The molecule has 0 saturated carbocycles. The third-order valence-electron chi connectivity index (χ3n) is 4.31. The van der Waals surface area contributed by atoms with Crippen LogP contribution in [-0.2, 0) is 9.59 Å². The van der Waals surface area contributed by atoms with E-state index in [1.807, 2.05) is 19.1 Å². The minimum absolute atomic E-state index is 0.0254. The number of amides is 2. The summed E-state index contributed by atoms with van der Waals surface area (Å²) >= 11 is 0. The van der Waals surface area contributed by atoms with Crippen LogP contribution >= 0.6 is 0 Å². The Balaban J connectivity index is 1.90. The average molecular weight is 318 g/mol. The third-order valence-corrected chi connectivity index (χ3v) is 4.31. The molecule has 1 aromatic carbocycles. The van der Waals surface area contributed by atoms with Crippen molar-refractivity contribution in [3.05, 3.63) is 29.3 Å². The molecule has 126 valence electrons. The van der Waals surface area contributed by atoms with Gasteiger partial charge < -0.3 is 14.5 Å². The lowest BCUT2D eigenvalue weighted by molar-refractivity contribution is -0.139. The summed E-state index contributed by atoms with van der Waals surface area (Å²) in [5, 5.41) is 0. The summed E-state index contributed by atoms with van der Waals surface area (Å²) in [6, 6.07) is 6.14. The molecule has 1 aliphatic heterocycles. The van der Waals surface area contributed by atoms with E-state index in [1.54, 1.807) is 16.7 Å². The van der Waals surface area contributed by atoms with Gasteiger partial charge in [-0.25, -0.2) is 0 Å². The second-order valence-corrected chi connectivity index (χ2v) is 6.36. The van der Waals surface area contributed by atoms with E-state index in [2.05, 4.69) is 19.9 Å². The average Bonchev–Trinajstić information content (AvgIpc) is 2.53. The lowest BCUT2D eigenvalue weighted by Gasteiger charge is -2.34. The molecule has 1 aliphatic rings. The van der Waals surface area contributed by atoms with Crippen LogP contribution in [0.2, 0.25) is 0 Å². The van der Waals surface area contributed by atoms with E-state index in [0.717, 1.165) is 11.3 Å². The first-order valence-corrected chi connectivity index (χ1v) is 8.15. The summed E-state index contributed by atoms with van der Waals surface area (Å²) in [5.74, 6) is 1.23. The van der Waals surface area contributed by atoms with Crippen LogP contribution in [0.15, 0.2) is 18.2 Å². The molecule has 0 N–H and O–H groups in total. The molecule has 0 bridgehead atoms. The number of piperazine rings is 1. The lowest BCUT2D eigenvalue weighted by atomic mass is 10.0. The monoisotopic (exact) mass is 318 g/mol. The Morgan fingerprint density at radius 2 is 1.74 bits per heavy atom. The maximum absolute atomic E-state index is 12.3. The molecule has 23 heavy (non-hydrogen) atoms. The maximum Gasteiger partial charge on any atom is 0.260 e. The van der Waals surface area contributed by atoms with Crippen molar-refractivity contribution in [2.75, 3.05) is 32.8 Å². The predicted molar refractivity (Wildman–Crippen MR) is 89.6 cm³/mol. The highest BCUT2D eigenvalue weighted by Gasteiger charge is 2.22. The lowest BCUT2D eigenvalue weighted by Crippen LogP contribution is -2.51. The Morgan fingerprint density at radius 1 is 1.13 bits per heavy atom. The van der Waals surface area contributed by atoms with E-state index in [-0.39, 0.29) is 18.4 Å². The molecule has 0 atom stereocenters. The summed E-state index contributed by atoms with van der Waals surface area (Å²) in [6.07, 6.45) is 0. The standard InChI is InChI=1S/C18H26N2O3/c1-13(2)16-6-5-14(3)17(11-16)23-12-18(22)20-9-7-19(8-10-20)15(4)21/h5-6,11,13H,7-10,12H2,1-4H3. The number of carbonyl (C=O) groups is 2. The van der Waals surface area contributed by atoms with Crippen LogP contribution in [0.1, 0.15) is 37.8 Å². The van der Waals surface area contributed by atoms with Gasteiger partial charge in [-0.05, 0) is 30.0 Å². The molecule has 5 nitrogen and oxygen atoms in total. The van der Waals surface area contributed by atoms with Crippen LogP contribution in [0.25, 0.3) is 0 Å². The summed E-state index contributed by atoms with van der Waals surface area (Å²) < 4.78 is 5.75. The van der Waals surface area contributed by atoms with E-state index >= 15 is 0 Å². The number of hydrogen-bond donors (Lipinski definition) is 0. The Morgan fingerprint density at radius 3 is 2.30 bits per heavy atom. The second-order valence-electron chi connectivity index (χ2n) is 6.36. The van der Waals surface area contributed by atoms with Crippen molar-refractivity contribution in [3.8, 4) is 5.75 Å². The molecule has 1 aromatic rings. The van der Waals surface area contributed by atoms with Gasteiger partial charge >= 0.3 is 0 Å². The molecule has 0 radical (unpaired) electrons.